The topological polar surface area (TPSA) is 12.0 Å². The minimum atomic E-state index is 0.261. The molecule has 80 valence electrons. The smallest absolute Gasteiger partial charge is 0.0910 e. The maximum atomic E-state index is 3.84. The highest BCUT2D eigenvalue weighted by molar-refractivity contribution is 8.00. The van der Waals surface area contributed by atoms with E-state index in [1.165, 1.54) is 25.0 Å². The molecule has 1 aliphatic heterocycles. The minimum Gasteiger partial charge on any atom is -0.295 e. The average Bonchev–Trinajstić information content (AvgIpc) is 2.86. The number of rotatable bonds is 1. The SMILES string of the molecule is CCC1CSC2(CCc3ccccc32)N1. The number of hydrogen-bond donors (Lipinski definition) is 1. The van der Waals surface area contributed by atoms with Gasteiger partial charge in [0.15, 0.2) is 0 Å². The van der Waals surface area contributed by atoms with Gasteiger partial charge in [-0.15, -0.1) is 11.8 Å². The summed E-state index contributed by atoms with van der Waals surface area (Å²) in [6.07, 6.45) is 3.76. The van der Waals surface area contributed by atoms with Gasteiger partial charge in [0.1, 0.15) is 0 Å². The zero-order valence-corrected chi connectivity index (χ0v) is 9.94. The first-order valence-electron chi connectivity index (χ1n) is 5.84. The van der Waals surface area contributed by atoms with Crippen molar-refractivity contribution in [3.05, 3.63) is 35.4 Å². The normalized spacial score (nSPS) is 33.5. The Labute approximate surface area is 95.6 Å². The van der Waals surface area contributed by atoms with Crippen molar-refractivity contribution in [1.29, 1.82) is 0 Å². The molecule has 1 saturated heterocycles. The van der Waals surface area contributed by atoms with E-state index in [0.717, 1.165) is 0 Å². The third kappa shape index (κ3) is 1.42. The Balaban J connectivity index is 1.96. The fourth-order valence-corrected chi connectivity index (χ4v) is 4.41. The third-order valence-corrected chi connectivity index (χ3v) is 5.26. The molecular weight excluding hydrogens is 202 g/mol. The molecule has 3 rings (SSSR count). The van der Waals surface area contributed by atoms with Gasteiger partial charge in [0.2, 0.25) is 0 Å². The molecule has 1 spiro atoms. The van der Waals surface area contributed by atoms with Gasteiger partial charge in [-0.2, -0.15) is 0 Å². The summed E-state index contributed by atoms with van der Waals surface area (Å²) in [7, 11) is 0. The summed E-state index contributed by atoms with van der Waals surface area (Å²) >= 11 is 2.12. The van der Waals surface area contributed by atoms with Crippen LogP contribution in [0.3, 0.4) is 0 Å². The molecule has 2 atom stereocenters. The monoisotopic (exact) mass is 219 g/mol. The van der Waals surface area contributed by atoms with Crippen molar-refractivity contribution in [3.8, 4) is 0 Å². The third-order valence-electron chi connectivity index (χ3n) is 3.66. The van der Waals surface area contributed by atoms with Crippen LogP contribution in [-0.2, 0) is 11.3 Å². The number of thioether (sulfide) groups is 1. The molecular formula is C13H17NS. The van der Waals surface area contributed by atoms with Crippen LogP contribution in [0.25, 0.3) is 0 Å². The van der Waals surface area contributed by atoms with Crippen molar-refractivity contribution in [3.63, 3.8) is 0 Å². The van der Waals surface area contributed by atoms with Gasteiger partial charge in [-0.05, 0) is 30.4 Å². The van der Waals surface area contributed by atoms with E-state index in [1.807, 2.05) is 0 Å². The summed E-state index contributed by atoms with van der Waals surface area (Å²) in [5, 5.41) is 3.84. The predicted molar refractivity (Wildman–Crippen MR) is 66.1 cm³/mol. The molecule has 1 aromatic carbocycles. The Morgan fingerprint density at radius 1 is 1.47 bits per heavy atom. The van der Waals surface area contributed by atoms with Crippen LogP contribution in [-0.4, -0.2) is 11.8 Å². The van der Waals surface area contributed by atoms with Gasteiger partial charge < -0.3 is 0 Å². The van der Waals surface area contributed by atoms with Crippen molar-refractivity contribution in [2.24, 2.45) is 0 Å². The van der Waals surface area contributed by atoms with Crippen LogP contribution < -0.4 is 5.32 Å². The fraction of sp³-hybridized carbons (Fsp3) is 0.538. The molecule has 1 aromatic rings. The summed E-state index contributed by atoms with van der Waals surface area (Å²) in [5.74, 6) is 1.27. The number of benzene rings is 1. The van der Waals surface area contributed by atoms with Crippen LogP contribution >= 0.6 is 11.8 Å². The second-order valence-electron chi connectivity index (χ2n) is 4.54. The molecule has 1 fully saturated rings. The van der Waals surface area contributed by atoms with E-state index in [4.69, 9.17) is 0 Å². The number of fused-ring (bicyclic) bond motifs is 2. The lowest BCUT2D eigenvalue weighted by Gasteiger charge is -2.25. The van der Waals surface area contributed by atoms with Gasteiger partial charge in [-0.25, -0.2) is 0 Å². The van der Waals surface area contributed by atoms with Crippen molar-refractivity contribution >= 4 is 11.8 Å². The van der Waals surface area contributed by atoms with Gasteiger partial charge in [-0.1, -0.05) is 31.2 Å². The molecule has 1 aliphatic carbocycles. The van der Waals surface area contributed by atoms with Crippen LogP contribution in [0, 0.1) is 0 Å². The van der Waals surface area contributed by atoms with Crippen molar-refractivity contribution in [1.82, 2.24) is 5.32 Å². The number of nitrogens with one attached hydrogen (secondary N) is 1. The highest BCUT2D eigenvalue weighted by Gasteiger charge is 2.44. The summed E-state index contributed by atoms with van der Waals surface area (Å²) in [6.45, 7) is 2.28. The van der Waals surface area contributed by atoms with E-state index in [0.29, 0.717) is 6.04 Å². The summed E-state index contributed by atoms with van der Waals surface area (Å²) in [4.78, 5) is 0.261. The lowest BCUT2D eigenvalue weighted by atomic mass is 10.1. The molecule has 2 heteroatoms. The van der Waals surface area contributed by atoms with Crippen molar-refractivity contribution < 1.29 is 0 Å². The van der Waals surface area contributed by atoms with Crippen LogP contribution in [0.15, 0.2) is 24.3 Å². The molecule has 2 aliphatic rings. The lowest BCUT2D eigenvalue weighted by molar-refractivity contribution is 0.440. The Hall–Kier alpha value is -0.470. The first kappa shape index (κ1) is 9.73. The standard InChI is InChI=1S/C13H17NS/c1-2-11-9-15-13(14-11)8-7-10-5-3-4-6-12(10)13/h3-6,11,14H,2,7-9H2,1H3. The second-order valence-corrected chi connectivity index (χ2v) is 5.86. The van der Waals surface area contributed by atoms with Crippen LogP contribution in [0.4, 0.5) is 0 Å². The molecule has 1 heterocycles. The van der Waals surface area contributed by atoms with E-state index in [9.17, 15) is 0 Å². The maximum absolute atomic E-state index is 3.84. The zero-order valence-electron chi connectivity index (χ0n) is 9.12. The van der Waals surface area contributed by atoms with Gasteiger partial charge in [0.25, 0.3) is 0 Å². The Kier molecular flexibility index (Phi) is 2.29. The highest BCUT2D eigenvalue weighted by atomic mass is 32.2. The largest absolute Gasteiger partial charge is 0.295 e. The number of hydrogen-bond acceptors (Lipinski definition) is 2. The van der Waals surface area contributed by atoms with Crippen LogP contribution in [0.5, 0.6) is 0 Å². The quantitative estimate of drug-likeness (QED) is 0.779. The number of aryl methyl sites for hydroxylation is 1. The summed E-state index contributed by atoms with van der Waals surface area (Å²) < 4.78 is 0. The summed E-state index contributed by atoms with van der Waals surface area (Å²) in [5.41, 5.74) is 3.10. The Bertz CT molecular complexity index is 377. The van der Waals surface area contributed by atoms with E-state index in [-0.39, 0.29) is 4.87 Å². The van der Waals surface area contributed by atoms with E-state index >= 15 is 0 Å². The van der Waals surface area contributed by atoms with Crippen LogP contribution in [0.1, 0.15) is 30.9 Å². The predicted octanol–water partition coefficient (Wildman–Crippen LogP) is 2.90. The highest BCUT2D eigenvalue weighted by Crippen LogP contribution is 2.49. The molecule has 0 saturated carbocycles. The molecule has 1 nitrogen and oxygen atoms in total. The first-order chi connectivity index (χ1) is 7.34. The lowest BCUT2D eigenvalue weighted by Crippen LogP contribution is -2.37. The molecule has 0 bridgehead atoms. The maximum Gasteiger partial charge on any atom is 0.0910 e. The van der Waals surface area contributed by atoms with Gasteiger partial charge in [0.05, 0.1) is 4.87 Å². The molecule has 0 radical (unpaired) electrons. The molecule has 0 amide bonds. The Morgan fingerprint density at radius 3 is 3.13 bits per heavy atom. The van der Waals surface area contributed by atoms with Gasteiger partial charge >= 0.3 is 0 Å². The van der Waals surface area contributed by atoms with E-state index in [1.54, 1.807) is 11.1 Å². The minimum absolute atomic E-state index is 0.261. The van der Waals surface area contributed by atoms with Gasteiger partial charge in [0, 0.05) is 11.8 Å². The van der Waals surface area contributed by atoms with Crippen molar-refractivity contribution in [2.75, 3.05) is 5.75 Å². The first-order valence-corrected chi connectivity index (χ1v) is 6.83. The van der Waals surface area contributed by atoms with Gasteiger partial charge in [-0.3, -0.25) is 5.32 Å². The average molecular weight is 219 g/mol. The van der Waals surface area contributed by atoms with Crippen LogP contribution in [0.2, 0.25) is 0 Å². The molecule has 0 aromatic heterocycles. The Morgan fingerprint density at radius 2 is 2.33 bits per heavy atom. The summed E-state index contributed by atoms with van der Waals surface area (Å²) in [6, 6.07) is 9.63. The molecule has 15 heavy (non-hydrogen) atoms. The fourth-order valence-electron chi connectivity index (χ4n) is 2.75. The van der Waals surface area contributed by atoms with Crippen molar-refractivity contribution in [2.45, 2.75) is 37.1 Å². The second kappa shape index (κ2) is 3.53. The molecule has 2 unspecified atom stereocenters. The van der Waals surface area contributed by atoms with E-state index < -0.39 is 0 Å². The molecule has 1 N–H and O–H groups in total. The van der Waals surface area contributed by atoms with E-state index in [2.05, 4.69) is 48.3 Å². The zero-order chi connectivity index (χ0) is 10.3.